The minimum Gasteiger partial charge on any atom is -0.379 e. The Labute approximate surface area is 105 Å². The van der Waals surface area contributed by atoms with Crippen LogP contribution < -0.4 is 0 Å². The second-order valence-corrected chi connectivity index (χ2v) is 6.51. The summed E-state index contributed by atoms with van der Waals surface area (Å²) in [5.41, 5.74) is 2.47. The lowest BCUT2D eigenvalue weighted by molar-refractivity contribution is 0.0705. The fourth-order valence-corrected chi connectivity index (χ4v) is 3.45. The molecule has 1 aromatic heterocycles. The predicted octanol–water partition coefficient (Wildman–Crippen LogP) is 0.152. The first-order valence-electron chi connectivity index (χ1n) is 5.27. The van der Waals surface area contributed by atoms with Crippen LogP contribution in [0.5, 0.6) is 0 Å². The summed E-state index contributed by atoms with van der Waals surface area (Å²) in [6.45, 7) is 2.07. The fraction of sp³-hybridized carbons (Fsp3) is 0.667. The van der Waals surface area contributed by atoms with Gasteiger partial charge >= 0.3 is 0 Å². The van der Waals surface area contributed by atoms with Crippen LogP contribution in [0.4, 0.5) is 0 Å². The molecule has 8 heteroatoms. The van der Waals surface area contributed by atoms with Gasteiger partial charge in [0, 0.05) is 25.5 Å². The van der Waals surface area contributed by atoms with Gasteiger partial charge in [-0.3, -0.25) is 0 Å². The van der Waals surface area contributed by atoms with Gasteiger partial charge in [0.1, 0.15) is 0 Å². The van der Waals surface area contributed by atoms with Crippen molar-refractivity contribution in [3.63, 3.8) is 0 Å². The van der Waals surface area contributed by atoms with E-state index in [1.165, 1.54) is 19.9 Å². The molecular formula is C9H15N3O3S2. The molecular weight excluding hydrogens is 262 g/mol. The first-order valence-corrected chi connectivity index (χ1v) is 7.61. The topological polar surface area (TPSA) is 62.7 Å². The molecule has 2 rings (SSSR count). The second-order valence-electron chi connectivity index (χ2n) is 3.76. The van der Waals surface area contributed by atoms with E-state index >= 15 is 0 Å². The zero-order valence-corrected chi connectivity index (χ0v) is 11.2. The summed E-state index contributed by atoms with van der Waals surface area (Å²) in [7, 11) is -1.81. The summed E-state index contributed by atoms with van der Waals surface area (Å²) in [6, 6.07) is 0. The first kappa shape index (κ1) is 12.9. The maximum Gasteiger partial charge on any atom is 0.282 e. The molecule has 17 heavy (non-hydrogen) atoms. The van der Waals surface area contributed by atoms with Gasteiger partial charge in [-0.1, -0.05) is 0 Å². The Balaban J connectivity index is 2.03. The Morgan fingerprint density at radius 1 is 1.53 bits per heavy atom. The van der Waals surface area contributed by atoms with Gasteiger partial charge in [-0.15, -0.1) is 11.3 Å². The highest BCUT2D eigenvalue weighted by molar-refractivity contribution is 7.86. The molecule has 96 valence electrons. The van der Waals surface area contributed by atoms with Gasteiger partial charge in [0.05, 0.1) is 31.0 Å². The van der Waals surface area contributed by atoms with Crippen LogP contribution in [0.3, 0.4) is 0 Å². The molecule has 2 heterocycles. The van der Waals surface area contributed by atoms with E-state index < -0.39 is 10.2 Å². The Morgan fingerprint density at radius 2 is 2.24 bits per heavy atom. The summed E-state index contributed by atoms with van der Waals surface area (Å²) in [4.78, 5) is 4.08. The minimum atomic E-state index is -3.39. The highest BCUT2D eigenvalue weighted by Gasteiger charge is 2.28. The Kier molecular flexibility index (Phi) is 4.10. The third-order valence-corrected chi connectivity index (χ3v) is 5.13. The maximum absolute atomic E-state index is 12.2. The van der Waals surface area contributed by atoms with Gasteiger partial charge in [0.25, 0.3) is 10.2 Å². The summed E-state index contributed by atoms with van der Waals surface area (Å²) in [6.07, 6.45) is 0. The molecule has 0 radical (unpaired) electrons. The number of aromatic nitrogens is 1. The normalized spacial score (nSPS) is 18.7. The lowest BCUT2D eigenvalue weighted by Gasteiger charge is -2.29. The average Bonchev–Trinajstić information content (AvgIpc) is 2.83. The van der Waals surface area contributed by atoms with Gasteiger partial charge in [0.15, 0.2) is 0 Å². The van der Waals surface area contributed by atoms with E-state index in [2.05, 4.69) is 4.98 Å². The van der Waals surface area contributed by atoms with Crippen LogP contribution in [0, 0.1) is 0 Å². The predicted molar refractivity (Wildman–Crippen MR) is 64.9 cm³/mol. The van der Waals surface area contributed by atoms with Crippen LogP contribution in [0.1, 0.15) is 5.69 Å². The summed E-state index contributed by atoms with van der Waals surface area (Å²) in [5.74, 6) is 0. The third-order valence-electron chi connectivity index (χ3n) is 2.56. The zero-order chi connectivity index (χ0) is 12.3. The van der Waals surface area contributed by atoms with Crippen LogP contribution in [0.25, 0.3) is 0 Å². The van der Waals surface area contributed by atoms with Gasteiger partial charge < -0.3 is 4.74 Å². The van der Waals surface area contributed by atoms with Crippen molar-refractivity contribution in [1.29, 1.82) is 0 Å². The largest absolute Gasteiger partial charge is 0.379 e. The van der Waals surface area contributed by atoms with Crippen molar-refractivity contribution in [3.8, 4) is 0 Å². The number of hydrogen-bond acceptors (Lipinski definition) is 5. The second kappa shape index (κ2) is 5.40. The summed E-state index contributed by atoms with van der Waals surface area (Å²) >= 11 is 1.46. The fourth-order valence-electron chi connectivity index (χ4n) is 1.60. The van der Waals surface area contributed by atoms with E-state index in [4.69, 9.17) is 4.74 Å². The molecule has 1 aliphatic heterocycles. The molecule has 1 saturated heterocycles. The minimum absolute atomic E-state index is 0.309. The quantitative estimate of drug-likeness (QED) is 0.786. The van der Waals surface area contributed by atoms with E-state index in [0.29, 0.717) is 32.8 Å². The molecule has 1 fully saturated rings. The number of hydrogen-bond donors (Lipinski definition) is 0. The monoisotopic (exact) mass is 277 g/mol. The Bertz CT molecular complexity index is 440. The van der Waals surface area contributed by atoms with Crippen molar-refractivity contribution in [2.45, 2.75) is 6.54 Å². The van der Waals surface area contributed by atoms with E-state index in [1.807, 2.05) is 5.38 Å². The lowest BCUT2D eigenvalue weighted by Crippen LogP contribution is -2.47. The maximum atomic E-state index is 12.2. The van der Waals surface area contributed by atoms with E-state index in [0.717, 1.165) is 5.69 Å². The van der Waals surface area contributed by atoms with E-state index in [9.17, 15) is 8.42 Å². The van der Waals surface area contributed by atoms with Crippen molar-refractivity contribution in [2.75, 3.05) is 33.4 Å². The molecule has 0 atom stereocenters. The first-order chi connectivity index (χ1) is 8.10. The van der Waals surface area contributed by atoms with Gasteiger partial charge in [-0.05, 0) is 0 Å². The summed E-state index contributed by atoms with van der Waals surface area (Å²) in [5, 5.41) is 1.85. The third kappa shape index (κ3) is 3.02. The van der Waals surface area contributed by atoms with Crippen molar-refractivity contribution in [3.05, 3.63) is 16.6 Å². The van der Waals surface area contributed by atoms with Crippen LogP contribution in [-0.4, -0.2) is 55.4 Å². The molecule has 0 aliphatic carbocycles. The highest BCUT2D eigenvalue weighted by Crippen LogP contribution is 2.12. The van der Waals surface area contributed by atoms with Crippen LogP contribution in [-0.2, 0) is 21.5 Å². The number of rotatable bonds is 4. The number of nitrogens with zero attached hydrogens (tertiary/aromatic N) is 3. The Morgan fingerprint density at radius 3 is 2.82 bits per heavy atom. The molecule has 1 aliphatic rings. The smallest absolute Gasteiger partial charge is 0.282 e. The number of morpholine rings is 1. The molecule has 6 nitrogen and oxygen atoms in total. The molecule has 0 N–H and O–H groups in total. The van der Waals surface area contributed by atoms with Crippen molar-refractivity contribution >= 4 is 21.5 Å². The zero-order valence-electron chi connectivity index (χ0n) is 9.57. The average molecular weight is 277 g/mol. The van der Waals surface area contributed by atoms with Gasteiger partial charge in [-0.2, -0.15) is 17.0 Å². The molecule has 0 aromatic carbocycles. The van der Waals surface area contributed by atoms with Crippen molar-refractivity contribution < 1.29 is 13.2 Å². The van der Waals surface area contributed by atoms with Crippen LogP contribution >= 0.6 is 11.3 Å². The molecule has 1 aromatic rings. The molecule has 0 unspecified atom stereocenters. The molecule has 0 amide bonds. The van der Waals surface area contributed by atoms with Crippen LogP contribution in [0.2, 0.25) is 0 Å². The van der Waals surface area contributed by atoms with Crippen molar-refractivity contribution in [1.82, 2.24) is 13.6 Å². The van der Waals surface area contributed by atoms with E-state index in [1.54, 1.807) is 12.6 Å². The van der Waals surface area contributed by atoms with Gasteiger partial charge in [-0.25, -0.2) is 4.98 Å². The number of thiazole rings is 1. The molecule has 0 spiro atoms. The summed E-state index contributed by atoms with van der Waals surface area (Å²) < 4.78 is 32.3. The number of ether oxygens (including phenoxy) is 1. The standard InChI is InChI=1S/C9H15N3O3S2/c1-11(6-9-7-16-8-10-9)17(13,14)12-2-4-15-5-3-12/h7-8H,2-6H2,1H3. The highest BCUT2D eigenvalue weighted by atomic mass is 32.2. The molecule has 0 bridgehead atoms. The lowest BCUT2D eigenvalue weighted by atomic mass is 10.5. The SMILES string of the molecule is CN(Cc1cscn1)S(=O)(=O)N1CCOCC1. The molecule has 0 saturated carbocycles. The van der Waals surface area contributed by atoms with Crippen molar-refractivity contribution in [2.24, 2.45) is 0 Å². The van der Waals surface area contributed by atoms with E-state index in [-0.39, 0.29) is 0 Å². The Hall–Kier alpha value is -0.540. The van der Waals surface area contributed by atoms with Gasteiger partial charge in [0.2, 0.25) is 0 Å². The van der Waals surface area contributed by atoms with Crippen LogP contribution in [0.15, 0.2) is 10.9 Å².